The van der Waals surface area contributed by atoms with E-state index in [0.29, 0.717) is 25.2 Å². The monoisotopic (exact) mass is 447 g/mol. The smallest absolute Gasteiger partial charge is 0.407 e. The molecule has 2 heterocycles. The maximum Gasteiger partial charge on any atom is 0.407 e. The van der Waals surface area contributed by atoms with Crippen LogP contribution in [0.15, 0.2) is 12.3 Å². The molecule has 1 aliphatic heterocycles. The third-order valence-corrected chi connectivity index (χ3v) is 4.76. The van der Waals surface area contributed by atoms with Crippen molar-refractivity contribution in [2.45, 2.75) is 66.0 Å². The highest BCUT2D eigenvalue weighted by Gasteiger charge is 2.33. The Morgan fingerprint density at radius 2 is 2.00 bits per heavy atom. The van der Waals surface area contributed by atoms with Crippen molar-refractivity contribution in [1.82, 2.24) is 25.9 Å². The maximum atomic E-state index is 13.0. The number of nitrogens with zero attached hydrogens (tertiary/aromatic N) is 2. The number of ether oxygens (including phenoxy) is 1. The molecule has 2 unspecified atom stereocenters. The Hall–Kier alpha value is -3.04. The van der Waals surface area contributed by atoms with Crippen LogP contribution in [-0.2, 0) is 32.0 Å². The Labute approximate surface area is 188 Å². The van der Waals surface area contributed by atoms with E-state index in [1.807, 2.05) is 20.8 Å². The fourth-order valence-corrected chi connectivity index (χ4v) is 3.03. The Balaban J connectivity index is 2.16. The lowest BCUT2D eigenvalue weighted by Gasteiger charge is -2.25. The molecule has 1 aromatic rings. The van der Waals surface area contributed by atoms with Gasteiger partial charge >= 0.3 is 6.09 Å². The number of Topliss-reactive ketones (excluding diaryl/α,β-unsaturated/α-hetero) is 1. The van der Waals surface area contributed by atoms with Gasteiger partial charge in [0.05, 0.1) is 6.61 Å². The second kappa shape index (κ2) is 11.0. The molecule has 176 valence electrons. The van der Waals surface area contributed by atoms with Crippen LogP contribution in [0.4, 0.5) is 4.79 Å². The zero-order valence-corrected chi connectivity index (χ0v) is 19.4. The van der Waals surface area contributed by atoms with Gasteiger partial charge in [-0.25, -0.2) is 14.8 Å². The van der Waals surface area contributed by atoms with Crippen LogP contribution >= 0.6 is 0 Å². The highest BCUT2D eigenvalue weighted by atomic mass is 16.5. The molecule has 3 N–H and O–H groups in total. The molecule has 0 saturated carbocycles. The average molecular weight is 448 g/mol. The number of amides is 3. The largest absolute Gasteiger partial charge is 0.449 e. The molecule has 0 fully saturated rings. The summed E-state index contributed by atoms with van der Waals surface area (Å²) in [6, 6.07) is -0.339. The Morgan fingerprint density at radius 1 is 1.28 bits per heavy atom. The summed E-state index contributed by atoms with van der Waals surface area (Å²) < 4.78 is 5.19. The summed E-state index contributed by atoms with van der Waals surface area (Å²) in [6.45, 7) is 9.77. The molecule has 10 nitrogen and oxygen atoms in total. The third-order valence-electron chi connectivity index (χ3n) is 4.76. The first kappa shape index (κ1) is 25.2. The number of aryl methyl sites for hydroxylation is 1. The molecule has 0 spiro atoms. The molecular formula is C22H33N5O5. The minimum Gasteiger partial charge on any atom is -0.449 e. The number of aromatic nitrogens is 2. The summed E-state index contributed by atoms with van der Waals surface area (Å²) in [5.41, 5.74) is 0.572. The van der Waals surface area contributed by atoms with Crippen molar-refractivity contribution in [1.29, 1.82) is 0 Å². The number of hydrogen-bond donors (Lipinski definition) is 3. The van der Waals surface area contributed by atoms with E-state index < -0.39 is 35.8 Å². The van der Waals surface area contributed by atoms with Crippen molar-refractivity contribution in [3.63, 3.8) is 0 Å². The molecule has 32 heavy (non-hydrogen) atoms. The van der Waals surface area contributed by atoms with Gasteiger partial charge in [0, 0.05) is 24.9 Å². The number of alkyl carbamates (subject to hydrolysis) is 1. The second-order valence-electron chi connectivity index (χ2n) is 9.46. The van der Waals surface area contributed by atoms with Crippen LogP contribution in [-0.4, -0.2) is 58.9 Å². The van der Waals surface area contributed by atoms with Crippen molar-refractivity contribution in [3.8, 4) is 0 Å². The quantitative estimate of drug-likeness (QED) is 0.571. The normalized spacial score (nSPS) is 18.2. The lowest BCUT2D eigenvalue weighted by atomic mass is 9.99. The van der Waals surface area contributed by atoms with E-state index >= 15 is 0 Å². The van der Waals surface area contributed by atoms with Gasteiger partial charge in [-0.3, -0.25) is 14.4 Å². The van der Waals surface area contributed by atoms with Crippen LogP contribution in [0.2, 0.25) is 0 Å². The van der Waals surface area contributed by atoms with Crippen molar-refractivity contribution < 1.29 is 23.9 Å². The van der Waals surface area contributed by atoms with E-state index in [-0.39, 0.29) is 24.4 Å². The number of hydrogen-bond acceptors (Lipinski definition) is 7. The van der Waals surface area contributed by atoms with Gasteiger partial charge in [0.25, 0.3) is 5.91 Å². The predicted molar refractivity (Wildman–Crippen MR) is 117 cm³/mol. The maximum absolute atomic E-state index is 13.0. The summed E-state index contributed by atoms with van der Waals surface area (Å²) in [6.07, 6.45) is 2.10. The Kier molecular flexibility index (Phi) is 8.68. The van der Waals surface area contributed by atoms with Crippen molar-refractivity contribution >= 4 is 23.7 Å². The number of ketones is 1. The van der Waals surface area contributed by atoms with Gasteiger partial charge in [-0.2, -0.15) is 0 Å². The van der Waals surface area contributed by atoms with Gasteiger partial charge in [-0.1, -0.05) is 34.6 Å². The molecule has 1 aromatic heterocycles. The Morgan fingerprint density at radius 3 is 2.66 bits per heavy atom. The van der Waals surface area contributed by atoms with E-state index in [1.165, 1.54) is 0 Å². The number of fused-ring (bicyclic) bond motifs is 2. The molecule has 0 aromatic carbocycles. The van der Waals surface area contributed by atoms with E-state index in [1.54, 1.807) is 26.1 Å². The standard InChI is InChI=1S/C22H33N5O5/c1-13(2)17(27-21(31)32-12-22(3,4)5)19(29)26-15-11-16-23-10-8-14(25-16)7-6-9-24-20(30)18(15)28/h8,10,13,15,17H,6-7,9,11-12H2,1-5H3,(H,24,30)(H,26,29)(H,27,31). The lowest BCUT2D eigenvalue weighted by molar-refractivity contribution is -0.140. The molecular weight excluding hydrogens is 414 g/mol. The molecule has 1 aliphatic rings. The zero-order chi connectivity index (χ0) is 23.9. The average Bonchev–Trinajstić information content (AvgIpc) is 2.72. The molecule has 3 amide bonds. The van der Waals surface area contributed by atoms with Crippen LogP contribution in [0, 0.1) is 11.3 Å². The molecule has 0 aliphatic carbocycles. The zero-order valence-electron chi connectivity index (χ0n) is 19.4. The fraction of sp³-hybridized carbons (Fsp3) is 0.636. The minimum absolute atomic E-state index is 0.0366. The summed E-state index contributed by atoms with van der Waals surface area (Å²) in [5, 5.41) is 7.74. The van der Waals surface area contributed by atoms with Crippen molar-refractivity contribution in [2.24, 2.45) is 11.3 Å². The van der Waals surface area contributed by atoms with Crippen LogP contribution in [0.1, 0.15) is 52.6 Å². The second-order valence-corrected chi connectivity index (χ2v) is 9.46. The van der Waals surface area contributed by atoms with Crippen LogP contribution in [0.3, 0.4) is 0 Å². The topological polar surface area (TPSA) is 139 Å². The summed E-state index contributed by atoms with van der Waals surface area (Å²) >= 11 is 0. The number of nitrogens with one attached hydrogen (secondary N) is 3. The molecule has 0 saturated heterocycles. The summed E-state index contributed by atoms with van der Waals surface area (Å²) in [5.74, 6) is -2.08. The third kappa shape index (κ3) is 7.90. The van der Waals surface area contributed by atoms with E-state index in [4.69, 9.17) is 4.74 Å². The van der Waals surface area contributed by atoms with Gasteiger partial charge in [-0.15, -0.1) is 0 Å². The lowest BCUT2D eigenvalue weighted by Crippen LogP contribution is -2.56. The van der Waals surface area contributed by atoms with E-state index in [2.05, 4.69) is 25.9 Å². The minimum atomic E-state index is -1.16. The van der Waals surface area contributed by atoms with Gasteiger partial charge < -0.3 is 20.7 Å². The molecule has 0 radical (unpaired) electrons. The SMILES string of the molecule is CC(C)C(NC(=O)OCC(C)(C)C)C(=O)NC1Cc2nccc(n2)CCCNC(=O)C1=O. The highest BCUT2D eigenvalue weighted by Crippen LogP contribution is 2.13. The highest BCUT2D eigenvalue weighted by molar-refractivity contribution is 6.38. The number of carbonyl (C=O) groups excluding carboxylic acids is 4. The van der Waals surface area contributed by atoms with E-state index in [0.717, 1.165) is 5.69 Å². The molecule has 2 bridgehead atoms. The predicted octanol–water partition coefficient (Wildman–Crippen LogP) is 0.932. The number of carbonyl (C=O) groups is 4. The Bertz CT molecular complexity index is 849. The van der Waals surface area contributed by atoms with Gasteiger partial charge in [-0.05, 0) is 30.2 Å². The van der Waals surface area contributed by atoms with Crippen LogP contribution < -0.4 is 16.0 Å². The summed E-state index contributed by atoms with van der Waals surface area (Å²) in [7, 11) is 0. The fourth-order valence-electron chi connectivity index (χ4n) is 3.03. The van der Waals surface area contributed by atoms with Crippen LogP contribution in [0.25, 0.3) is 0 Å². The molecule has 2 rings (SSSR count). The van der Waals surface area contributed by atoms with Crippen molar-refractivity contribution in [3.05, 3.63) is 23.8 Å². The van der Waals surface area contributed by atoms with Gasteiger partial charge in [0.15, 0.2) is 0 Å². The first-order valence-corrected chi connectivity index (χ1v) is 10.8. The van der Waals surface area contributed by atoms with Gasteiger partial charge in [0.2, 0.25) is 11.7 Å². The van der Waals surface area contributed by atoms with E-state index in [9.17, 15) is 19.2 Å². The van der Waals surface area contributed by atoms with Gasteiger partial charge in [0.1, 0.15) is 17.9 Å². The molecule has 2 atom stereocenters. The number of rotatable bonds is 5. The molecule has 10 heteroatoms. The van der Waals surface area contributed by atoms with Crippen LogP contribution in [0.5, 0.6) is 0 Å². The summed E-state index contributed by atoms with van der Waals surface area (Å²) in [4.78, 5) is 58.8. The van der Waals surface area contributed by atoms with Crippen molar-refractivity contribution in [2.75, 3.05) is 13.2 Å². The first-order chi connectivity index (χ1) is 15.0. The first-order valence-electron chi connectivity index (χ1n) is 10.8.